The molecule has 3 nitrogen and oxygen atoms in total. The summed E-state index contributed by atoms with van der Waals surface area (Å²) in [7, 11) is 0. The molecule has 0 unspecified atom stereocenters. The monoisotopic (exact) mass is 247 g/mol. The molecule has 0 amide bonds. The van der Waals surface area contributed by atoms with Gasteiger partial charge in [0.2, 0.25) is 0 Å². The van der Waals surface area contributed by atoms with Crippen LogP contribution in [0, 0.1) is 5.41 Å². The molecule has 1 aliphatic carbocycles. The second-order valence-corrected chi connectivity index (χ2v) is 6.43. The fourth-order valence-corrected chi connectivity index (χ4v) is 2.43. The van der Waals surface area contributed by atoms with Crippen LogP contribution in [0.15, 0.2) is 0 Å². The van der Waals surface area contributed by atoms with E-state index in [1.54, 1.807) is 0 Å². The van der Waals surface area contributed by atoms with Crippen LogP contribution in [0.5, 0.6) is 0 Å². The molecule has 3 heteroatoms. The Bertz CT molecular complexity index is 418. The standard InChI is InChI=1S/C15H25N3/c1-5-9-16-14-11-7-6-8-12(11)17-13(18-14)10-15(2,3)4/h5-10H2,1-4H3,(H,16,17,18). The van der Waals surface area contributed by atoms with Gasteiger partial charge < -0.3 is 5.32 Å². The average molecular weight is 247 g/mol. The highest BCUT2D eigenvalue weighted by Crippen LogP contribution is 2.28. The van der Waals surface area contributed by atoms with Crippen LogP contribution in [0.25, 0.3) is 0 Å². The lowest BCUT2D eigenvalue weighted by atomic mass is 9.92. The highest BCUT2D eigenvalue weighted by atomic mass is 15.0. The first-order chi connectivity index (χ1) is 8.49. The van der Waals surface area contributed by atoms with E-state index in [2.05, 4.69) is 33.0 Å². The average Bonchev–Trinajstić information content (AvgIpc) is 2.71. The number of nitrogens with zero attached hydrogens (tertiary/aromatic N) is 2. The number of anilines is 1. The van der Waals surface area contributed by atoms with Crippen LogP contribution in [-0.2, 0) is 19.3 Å². The summed E-state index contributed by atoms with van der Waals surface area (Å²) in [6, 6.07) is 0. The van der Waals surface area contributed by atoms with Gasteiger partial charge in [-0.25, -0.2) is 9.97 Å². The Labute approximate surface area is 110 Å². The van der Waals surface area contributed by atoms with Gasteiger partial charge in [0.1, 0.15) is 11.6 Å². The number of hydrogen-bond acceptors (Lipinski definition) is 3. The van der Waals surface area contributed by atoms with E-state index in [0.717, 1.165) is 43.9 Å². The van der Waals surface area contributed by atoms with Crippen molar-refractivity contribution >= 4 is 5.82 Å². The van der Waals surface area contributed by atoms with Gasteiger partial charge in [0.05, 0.1) is 0 Å². The lowest BCUT2D eigenvalue weighted by Crippen LogP contribution is -2.15. The fraction of sp³-hybridized carbons (Fsp3) is 0.733. The summed E-state index contributed by atoms with van der Waals surface area (Å²) in [6.45, 7) is 9.90. The number of nitrogens with one attached hydrogen (secondary N) is 1. The predicted octanol–water partition coefficient (Wildman–Crippen LogP) is 3.38. The van der Waals surface area contributed by atoms with Crippen molar-refractivity contribution < 1.29 is 0 Å². The quantitative estimate of drug-likeness (QED) is 0.886. The van der Waals surface area contributed by atoms with Crippen LogP contribution in [0.1, 0.15) is 57.6 Å². The van der Waals surface area contributed by atoms with Gasteiger partial charge in [0.25, 0.3) is 0 Å². The van der Waals surface area contributed by atoms with E-state index in [1.807, 2.05) is 0 Å². The number of aryl methyl sites for hydroxylation is 1. The third kappa shape index (κ3) is 3.21. The second-order valence-electron chi connectivity index (χ2n) is 6.43. The molecule has 2 rings (SSSR count). The molecule has 1 aliphatic rings. The van der Waals surface area contributed by atoms with Crippen molar-refractivity contribution in [3.63, 3.8) is 0 Å². The molecule has 0 saturated carbocycles. The van der Waals surface area contributed by atoms with Crippen LogP contribution < -0.4 is 5.32 Å². The van der Waals surface area contributed by atoms with Crippen molar-refractivity contribution in [2.24, 2.45) is 5.41 Å². The van der Waals surface area contributed by atoms with Gasteiger partial charge in [-0.15, -0.1) is 0 Å². The van der Waals surface area contributed by atoms with E-state index >= 15 is 0 Å². The molecule has 100 valence electrons. The van der Waals surface area contributed by atoms with E-state index in [4.69, 9.17) is 9.97 Å². The SMILES string of the molecule is CCCNc1nc(CC(C)(C)C)nc2c1CCC2. The first kappa shape index (κ1) is 13.3. The fourth-order valence-electron chi connectivity index (χ4n) is 2.43. The molecule has 1 aromatic rings. The Morgan fingerprint density at radius 1 is 1.17 bits per heavy atom. The molecule has 0 bridgehead atoms. The molecule has 1 aromatic heterocycles. The Morgan fingerprint density at radius 3 is 2.61 bits per heavy atom. The molecule has 18 heavy (non-hydrogen) atoms. The van der Waals surface area contributed by atoms with Crippen LogP contribution in [0.2, 0.25) is 0 Å². The van der Waals surface area contributed by atoms with E-state index in [-0.39, 0.29) is 5.41 Å². The van der Waals surface area contributed by atoms with E-state index in [0.29, 0.717) is 0 Å². The number of hydrogen-bond donors (Lipinski definition) is 1. The van der Waals surface area contributed by atoms with Crippen molar-refractivity contribution in [2.75, 3.05) is 11.9 Å². The summed E-state index contributed by atoms with van der Waals surface area (Å²) in [5.74, 6) is 2.10. The maximum atomic E-state index is 4.76. The first-order valence-corrected chi connectivity index (χ1v) is 7.12. The van der Waals surface area contributed by atoms with Gasteiger partial charge in [-0.1, -0.05) is 27.7 Å². The topological polar surface area (TPSA) is 37.8 Å². The third-order valence-corrected chi connectivity index (χ3v) is 3.21. The Balaban J connectivity index is 2.27. The zero-order valence-corrected chi connectivity index (χ0v) is 12.1. The van der Waals surface area contributed by atoms with Crippen LogP contribution in [-0.4, -0.2) is 16.5 Å². The molecule has 0 fully saturated rings. The van der Waals surface area contributed by atoms with Crippen LogP contribution in [0.4, 0.5) is 5.82 Å². The summed E-state index contributed by atoms with van der Waals surface area (Å²) in [5.41, 5.74) is 2.89. The van der Waals surface area contributed by atoms with E-state index < -0.39 is 0 Å². The highest BCUT2D eigenvalue weighted by Gasteiger charge is 2.21. The third-order valence-electron chi connectivity index (χ3n) is 3.21. The minimum absolute atomic E-state index is 0.245. The van der Waals surface area contributed by atoms with Crippen molar-refractivity contribution in [1.29, 1.82) is 0 Å². The molecular formula is C15H25N3. The molecule has 0 aromatic carbocycles. The number of rotatable bonds is 4. The zero-order valence-electron chi connectivity index (χ0n) is 12.1. The van der Waals surface area contributed by atoms with Crippen molar-refractivity contribution in [3.05, 3.63) is 17.1 Å². The Hall–Kier alpha value is -1.12. The predicted molar refractivity (Wildman–Crippen MR) is 76.0 cm³/mol. The molecular weight excluding hydrogens is 222 g/mol. The Kier molecular flexibility index (Phi) is 3.88. The molecule has 0 aliphatic heterocycles. The normalized spacial score (nSPS) is 14.7. The van der Waals surface area contributed by atoms with Crippen molar-refractivity contribution in [2.45, 2.75) is 59.8 Å². The van der Waals surface area contributed by atoms with Crippen LogP contribution >= 0.6 is 0 Å². The number of fused-ring (bicyclic) bond motifs is 1. The number of aromatic nitrogens is 2. The first-order valence-electron chi connectivity index (χ1n) is 7.12. The molecule has 1 heterocycles. The molecule has 0 saturated heterocycles. The maximum absolute atomic E-state index is 4.76. The minimum atomic E-state index is 0.245. The molecule has 1 N–H and O–H groups in total. The Morgan fingerprint density at radius 2 is 1.94 bits per heavy atom. The lowest BCUT2D eigenvalue weighted by Gasteiger charge is -2.18. The van der Waals surface area contributed by atoms with Gasteiger partial charge >= 0.3 is 0 Å². The second kappa shape index (κ2) is 5.25. The van der Waals surface area contributed by atoms with Gasteiger partial charge in [-0.05, 0) is 31.1 Å². The molecule has 0 radical (unpaired) electrons. The summed E-state index contributed by atoms with van der Waals surface area (Å²) in [4.78, 5) is 9.50. The van der Waals surface area contributed by atoms with Gasteiger partial charge in [-0.3, -0.25) is 0 Å². The van der Waals surface area contributed by atoms with Gasteiger partial charge in [0.15, 0.2) is 0 Å². The zero-order chi connectivity index (χ0) is 13.2. The maximum Gasteiger partial charge on any atom is 0.133 e. The smallest absolute Gasteiger partial charge is 0.133 e. The summed E-state index contributed by atoms with van der Waals surface area (Å²) in [6.07, 6.45) is 5.56. The van der Waals surface area contributed by atoms with Crippen LogP contribution in [0.3, 0.4) is 0 Å². The summed E-state index contributed by atoms with van der Waals surface area (Å²) in [5, 5.41) is 3.47. The largest absolute Gasteiger partial charge is 0.370 e. The summed E-state index contributed by atoms with van der Waals surface area (Å²) < 4.78 is 0. The van der Waals surface area contributed by atoms with Gasteiger partial charge in [0, 0.05) is 24.2 Å². The summed E-state index contributed by atoms with van der Waals surface area (Å²) >= 11 is 0. The minimum Gasteiger partial charge on any atom is -0.370 e. The van der Waals surface area contributed by atoms with Crippen molar-refractivity contribution in [1.82, 2.24) is 9.97 Å². The van der Waals surface area contributed by atoms with E-state index in [1.165, 1.54) is 17.7 Å². The molecule has 0 atom stereocenters. The molecule has 0 spiro atoms. The van der Waals surface area contributed by atoms with Crippen molar-refractivity contribution in [3.8, 4) is 0 Å². The van der Waals surface area contributed by atoms with Gasteiger partial charge in [-0.2, -0.15) is 0 Å². The lowest BCUT2D eigenvalue weighted by molar-refractivity contribution is 0.400. The van der Waals surface area contributed by atoms with E-state index in [9.17, 15) is 0 Å². The highest BCUT2D eigenvalue weighted by molar-refractivity contribution is 5.48.